The molecule has 0 spiro atoms. The van der Waals surface area contributed by atoms with Crippen molar-refractivity contribution < 1.29 is 18.6 Å². The summed E-state index contributed by atoms with van der Waals surface area (Å²) in [5.74, 6) is -0.992. The van der Waals surface area contributed by atoms with E-state index in [1.165, 1.54) is 28.8 Å². The third-order valence-electron chi connectivity index (χ3n) is 5.67. The Labute approximate surface area is 182 Å². The van der Waals surface area contributed by atoms with Crippen molar-refractivity contribution >= 4 is 0 Å². The number of ether oxygens (including phenoxy) is 3. The fraction of sp³-hybridized carbons (Fsp3) is 0.400. The van der Waals surface area contributed by atoms with Gasteiger partial charge in [-0.15, -0.1) is 0 Å². The predicted octanol–water partition coefficient (Wildman–Crippen LogP) is 4.60. The molecule has 0 bridgehead atoms. The highest BCUT2D eigenvalue weighted by Gasteiger charge is 2.41. The number of halogens is 1. The number of aromatic nitrogens is 2. The first kappa shape index (κ1) is 21.7. The lowest BCUT2D eigenvalue weighted by atomic mass is 10.0. The Hall–Kier alpha value is -2.54. The van der Waals surface area contributed by atoms with Crippen LogP contribution in [0, 0.1) is 19.7 Å². The Kier molecular flexibility index (Phi) is 6.80. The Bertz CT molecular complexity index is 975. The molecule has 31 heavy (non-hydrogen) atoms. The van der Waals surface area contributed by atoms with Crippen molar-refractivity contribution in [3.05, 3.63) is 89.3 Å². The quantitative estimate of drug-likeness (QED) is 0.504. The van der Waals surface area contributed by atoms with Crippen LogP contribution in [0.4, 0.5) is 4.39 Å². The Morgan fingerprint density at radius 2 is 2.03 bits per heavy atom. The molecule has 4 rings (SSSR count). The smallest absolute Gasteiger partial charge is 0.187 e. The van der Waals surface area contributed by atoms with E-state index in [1.54, 1.807) is 24.7 Å². The highest BCUT2D eigenvalue weighted by atomic mass is 19.1. The molecule has 2 aromatic carbocycles. The normalized spacial score (nSPS) is 20.9. The zero-order valence-corrected chi connectivity index (χ0v) is 18.1. The van der Waals surface area contributed by atoms with Crippen LogP contribution in [-0.2, 0) is 33.8 Å². The zero-order valence-electron chi connectivity index (χ0n) is 18.1. The van der Waals surface area contributed by atoms with Crippen LogP contribution in [0.2, 0.25) is 0 Å². The van der Waals surface area contributed by atoms with Gasteiger partial charge < -0.3 is 18.8 Å². The molecule has 2 heterocycles. The van der Waals surface area contributed by atoms with Crippen LogP contribution >= 0.6 is 0 Å². The summed E-state index contributed by atoms with van der Waals surface area (Å²) in [5.41, 5.74) is 4.70. The van der Waals surface area contributed by atoms with Gasteiger partial charge in [0, 0.05) is 18.8 Å². The summed E-state index contributed by atoms with van der Waals surface area (Å²) in [7, 11) is 0. The number of hydrogen-bond donors (Lipinski definition) is 0. The number of rotatable bonds is 9. The van der Waals surface area contributed by atoms with Gasteiger partial charge in [-0.2, -0.15) is 0 Å². The van der Waals surface area contributed by atoms with Gasteiger partial charge in [0.15, 0.2) is 5.79 Å². The molecule has 1 aromatic heterocycles. The van der Waals surface area contributed by atoms with Crippen LogP contribution in [-0.4, -0.2) is 34.7 Å². The van der Waals surface area contributed by atoms with Crippen molar-refractivity contribution in [2.45, 2.75) is 51.7 Å². The lowest BCUT2D eigenvalue weighted by Gasteiger charge is -2.28. The van der Waals surface area contributed by atoms with E-state index < -0.39 is 5.79 Å². The number of imidazole rings is 1. The highest BCUT2D eigenvalue weighted by molar-refractivity contribution is 5.29. The third kappa shape index (κ3) is 5.79. The van der Waals surface area contributed by atoms with E-state index >= 15 is 0 Å². The predicted molar refractivity (Wildman–Crippen MR) is 116 cm³/mol. The van der Waals surface area contributed by atoms with Gasteiger partial charge in [-0.05, 0) is 49.1 Å². The third-order valence-corrected chi connectivity index (χ3v) is 5.67. The van der Waals surface area contributed by atoms with E-state index in [9.17, 15) is 4.39 Å². The summed E-state index contributed by atoms with van der Waals surface area (Å²) in [6.45, 7) is 6.22. The molecule has 1 saturated heterocycles. The fourth-order valence-electron chi connectivity index (χ4n) is 3.89. The maximum absolute atomic E-state index is 13.2. The molecule has 5 nitrogen and oxygen atoms in total. The summed E-state index contributed by atoms with van der Waals surface area (Å²) < 4.78 is 33.7. The van der Waals surface area contributed by atoms with Crippen LogP contribution in [0.5, 0.6) is 0 Å². The Morgan fingerprint density at radius 1 is 1.19 bits per heavy atom. The van der Waals surface area contributed by atoms with Gasteiger partial charge in [-0.25, -0.2) is 9.37 Å². The van der Waals surface area contributed by atoms with Gasteiger partial charge >= 0.3 is 0 Å². The first-order valence-corrected chi connectivity index (χ1v) is 10.7. The maximum atomic E-state index is 13.2. The largest absolute Gasteiger partial charge is 0.374 e. The van der Waals surface area contributed by atoms with Crippen molar-refractivity contribution in [3.8, 4) is 0 Å². The summed E-state index contributed by atoms with van der Waals surface area (Å²) >= 11 is 0. The van der Waals surface area contributed by atoms with Crippen molar-refractivity contribution in [3.63, 3.8) is 0 Å². The van der Waals surface area contributed by atoms with E-state index in [0.29, 0.717) is 32.8 Å². The van der Waals surface area contributed by atoms with Gasteiger partial charge in [0.25, 0.3) is 0 Å². The summed E-state index contributed by atoms with van der Waals surface area (Å²) in [5, 5.41) is 0. The van der Waals surface area contributed by atoms with E-state index in [0.717, 1.165) is 12.0 Å². The maximum Gasteiger partial charge on any atom is 0.187 e. The van der Waals surface area contributed by atoms with Gasteiger partial charge in [0.2, 0.25) is 0 Å². The van der Waals surface area contributed by atoms with Crippen molar-refractivity contribution in [1.82, 2.24) is 9.55 Å². The molecule has 1 fully saturated rings. The van der Waals surface area contributed by atoms with Crippen molar-refractivity contribution in [2.24, 2.45) is 0 Å². The van der Waals surface area contributed by atoms with E-state index in [-0.39, 0.29) is 11.9 Å². The second-order valence-electron chi connectivity index (χ2n) is 8.27. The standard InChI is InChI=1S/C25H29FN2O3/c1-19-3-4-20(2)22(13-19)14-29-15-24-16-30-25(31-24,17-28-12-11-27-18-28)10-9-21-5-7-23(26)8-6-21/h3-8,11-13,18,24H,9-10,14-17H2,1-2H3. The minimum absolute atomic E-state index is 0.137. The Balaban J connectivity index is 1.36. The molecule has 0 aliphatic carbocycles. The first-order chi connectivity index (χ1) is 15.0. The fourth-order valence-corrected chi connectivity index (χ4v) is 3.89. The van der Waals surface area contributed by atoms with Crippen molar-refractivity contribution in [1.29, 1.82) is 0 Å². The van der Waals surface area contributed by atoms with Crippen LogP contribution in [0.3, 0.4) is 0 Å². The zero-order chi connectivity index (χ0) is 21.7. The van der Waals surface area contributed by atoms with Crippen molar-refractivity contribution in [2.75, 3.05) is 13.2 Å². The molecule has 1 aliphatic rings. The topological polar surface area (TPSA) is 45.5 Å². The number of hydrogen-bond acceptors (Lipinski definition) is 4. The molecule has 0 saturated carbocycles. The molecular formula is C25H29FN2O3. The molecule has 2 atom stereocenters. The lowest BCUT2D eigenvalue weighted by Crippen LogP contribution is -2.37. The molecule has 0 radical (unpaired) electrons. The molecule has 164 valence electrons. The SMILES string of the molecule is Cc1ccc(C)c(COCC2COC(CCc3ccc(F)cc3)(Cn3ccnc3)O2)c1. The van der Waals surface area contributed by atoms with Crippen LogP contribution in [0.25, 0.3) is 0 Å². The van der Waals surface area contributed by atoms with E-state index in [2.05, 4.69) is 37.0 Å². The lowest BCUT2D eigenvalue weighted by molar-refractivity contribution is -0.187. The van der Waals surface area contributed by atoms with Gasteiger partial charge in [0.1, 0.15) is 11.9 Å². The molecule has 3 aromatic rings. The summed E-state index contributed by atoms with van der Waals surface area (Å²) in [6, 6.07) is 13.0. The van der Waals surface area contributed by atoms with Crippen LogP contribution in [0.1, 0.15) is 28.7 Å². The first-order valence-electron chi connectivity index (χ1n) is 10.7. The number of nitrogens with zero attached hydrogens (tertiary/aromatic N) is 2. The summed E-state index contributed by atoms with van der Waals surface area (Å²) in [4.78, 5) is 4.13. The van der Waals surface area contributed by atoms with Gasteiger partial charge in [-0.1, -0.05) is 35.9 Å². The minimum atomic E-state index is -0.762. The average molecular weight is 425 g/mol. The van der Waals surface area contributed by atoms with Crippen LogP contribution < -0.4 is 0 Å². The summed E-state index contributed by atoms with van der Waals surface area (Å²) in [6.07, 6.45) is 6.65. The van der Waals surface area contributed by atoms with E-state index in [4.69, 9.17) is 14.2 Å². The molecule has 1 aliphatic heterocycles. The molecular weight excluding hydrogens is 395 g/mol. The second-order valence-corrected chi connectivity index (χ2v) is 8.27. The van der Waals surface area contributed by atoms with E-state index in [1.807, 2.05) is 10.8 Å². The molecule has 6 heteroatoms. The number of benzene rings is 2. The average Bonchev–Trinajstić information content (AvgIpc) is 3.41. The minimum Gasteiger partial charge on any atom is -0.374 e. The van der Waals surface area contributed by atoms with Crippen LogP contribution in [0.15, 0.2) is 61.2 Å². The van der Waals surface area contributed by atoms with Gasteiger partial charge in [0.05, 0.1) is 32.7 Å². The number of aryl methyl sites for hydroxylation is 3. The monoisotopic (exact) mass is 424 g/mol. The second kappa shape index (κ2) is 9.73. The highest BCUT2D eigenvalue weighted by Crippen LogP contribution is 2.31. The van der Waals surface area contributed by atoms with Gasteiger partial charge in [-0.3, -0.25) is 0 Å². The Morgan fingerprint density at radius 3 is 2.81 bits per heavy atom. The molecule has 0 amide bonds. The molecule has 2 unspecified atom stereocenters. The molecule has 0 N–H and O–H groups in total.